The first-order valence-corrected chi connectivity index (χ1v) is 8.35. The second-order valence-electron chi connectivity index (χ2n) is 5.33. The van der Waals surface area contributed by atoms with Crippen LogP contribution < -0.4 is 0 Å². The number of carbonyl (C=O) groups excluding carboxylic acids is 1. The predicted molar refractivity (Wildman–Crippen MR) is 96.4 cm³/mol. The third kappa shape index (κ3) is 3.75. The van der Waals surface area contributed by atoms with Crippen LogP contribution in [0.25, 0.3) is 10.6 Å². The molecule has 3 aromatic rings. The van der Waals surface area contributed by atoms with Gasteiger partial charge in [-0.1, -0.05) is 53.2 Å². The molecule has 0 aliphatic carbocycles. The van der Waals surface area contributed by atoms with Crippen LogP contribution in [0, 0.1) is 6.92 Å². The van der Waals surface area contributed by atoms with Crippen molar-refractivity contribution >= 4 is 23.0 Å². The lowest BCUT2D eigenvalue weighted by atomic mass is 10.2. The molecule has 0 N–H and O–H groups in total. The molecule has 2 aromatic carbocycles. The van der Waals surface area contributed by atoms with E-state index in [1.807, 2.05) is 54.8 Å². The van der Waals surface area contributed by atoms with Crippen LogP contribution in [-0.2, 0) is 4.84 Å². The number of benzene rings is 2. The Morgan fingerprint density at radius 1 is 1.08 bits per heavy atom. The lowest BCUT2D eigenvalue weighted by Gasteiger charge is -2.00. The summed E-state index contributed by atoms with van der Waals surface area (Å²) in [6.45, 7) is 3.73. The standard InChI is InChI=1S/C19H16N2O2S/c1-13-8-10-16(11-9-13)19(22)23-21-14(2)17-12-24-18(20-17)15-6-4-3-5-7-15/h3-12H,1-2H3/b21-14-. The summed E-state index contributed by atoms with van der Waals surface area (Å²) in [5.41, 5.74) is 3.88. The predicted octanol–water partition coefficient (Wildman–Crippen LogP) is 4.70. The molecule has 5 heteroatoms. The summed E-state index contributed by atoms with van der Waals surface area (Å²) in [4.78, 5) is 21.5. The maximum absolute atomic E-state index is 12.0. The molecule has 0 aliphatic heterocycles. The molecule has 0 aliphatic rings. The van der Waals surface area contributed by atoms with Gasteiger partial charge in [0.05, 0.1) is 11.3 Å². The quantitative estimate of drug-likeness (QED) is 0.394. The zero-order valence-electron chi connectivity index (χ0n) is 13.4. The molecular weight excluding hydrogens is 320 g/mol. The highest BCUT2D eigenvalue weighted by molar-refractivity contribution is 7.13. The Kier molecular flexibility index (Phi) is 4.82. The molecule has 0 radical (unpaired) electrons. The smallest absolute Gasteiger partial charge is 0.312 e. The molecule has 0 spiro atoms. The number of hydrogen-bond acceptors (Lipinski definition) is 5. The summed E-state index contributed by atoms with van der Waals surface area (Å²) in [5, 5.41) is 6.72. The number of thiazole rings is 1. The Hall–Kier alpha value is -2.79. The molecule has 0 fully saturated rings. The molecule has 1 aromatic heterocycles. The fourth-order valence-corrected chi connectivity index (χ4v) is 2.92. The third-order valence-corrected chi connectivity index (χ3v) is 4.34. The van der Waals surface area contributed by atoms with Crippen LogP contribution in [0.3, 0.4) is 0 Å². The highest BCUT2D eigenvalue weighted by atomic mass is 32.1. The molecule has 24 heavy (non-hydrogen) atoms. The van der Waals surface area contributed by atoms with Crippen molar-refractivity contribution in [3.63, 3.8) is 0 Å². The van der Waals surface area contributed by atoms with Gasteiger partial charge in [0, 0.05) is 10.9 Å². The van der Waals surface area contributed by atoms with Gasteiger partial charge in [0.1, 0.15) is 10.7 Å². The maximum Gasteiger partial charge on any atom is 0.365 e. The SMILES string of the molecule is C/C(=N/OC(=O)c1ccc(C)cc1)c1csc(-c2ccccc2)n1. The second kappa shape index (κ2) is 7.19. The van der Waals surface area contributed by atoms with Crippen molar-refractivity contribution in [1.82, 2.24) is 4.98 Å². The highest BCUT2D eigenvalue weighted by Crippen LogP contribution is 2.23. The van der Waals surface area contributed by atoms with Crippen molar-refractivity contribution in [3.8, 4) is 10.6 Å². The fraction of sp³-hybridized carbons (Fsp3) is 0.105. The van der Waals surface area contributed by atoms with E-state index in [1.54, 1.807) is 19.1 Å². The fourth-order valence-electron chi connectivity index (χ4n) is 2.05. The minimum absolute atomic E-state index is 0.473. The third-order valence-electron chi connectivity index (χ3n) is 3.45. The molecule has 3 rings (SSSR count). The van der Waals surface area contributed by atoms with Gasteiger partial charge in [-0.3, -0.25) is 0 Å². The Morgan fingerprint density at radius 3 is 2.50 bits per heavy atom. The van der Waals surface area contributed by atoms with Crippen molar-refractivity contribution < 1.29 is 9.63 Å². The van der Waals surface area contributed by atoms with Crippen LogP contribution in [0.1, 0.15) is 28.5 Å². The van der Waals surface area contributed by atoms with E-state index in [4.69, 9.17) is 4.84 Å². The van der Waals surface area contributed by atoms with Crippen LogP contribution in [-0.4, -0.2) is 16.7 Å². The average Bonchev–Trinajstić information content (AvgIpc) is 3.11. The van der Waals surface area contributed by atoms with Gasteiger partial charge in [-0.05, 0) is 26.0 Å². The van der Waals surface area contributed by atoms with Crippen molar-refractivity contribution in [1.29, 1.82) is 0 Å². The van der Waals surface area contributed by atoms with Crippen LogP contribution in [0.2, 0.25) is 0 Å². The molecule has 1 heterocycles. The van der Waals surface area contributed by atoms with E-state index in [0.29, 0.717) is 17.0 Å². The Balaban J connectivity index is 1.71. The minimum atomic E-state index is -0.479. The summed E-state index contributed by atoms with van der Waals surface area (Å²) in [7, 11) is 0. The first-order chi connectivity index (χ1) is 11.6. The van der Waals surface area contributed by atoms with E-state index in [9.17, 15) is 4.79 Å². The lowest BCUT2D eigenvalue weighted by Crippen LogP contribution is -2.04. The number of rotatable bonds is 4. The van der Waals surface area contributed by atoms with E-state index >= 15 is 0 Å². The second-order valence-corrected chi connectivity index (χ2v) is 6.18. The first kappa shape index (κ1) is 16.1. The number of hydrogen-bond donors (Lipinski definition) is 0. The van der Waals surface area contributed by atoms with Gasteiger partial charge in [0.15, 0.2) is 0 Å². The van der Waals surface area contributed by atoms with E-state index in [-0.39, 0.29) is 0 Å². The Morgan fingerprint density at radius 2 is 1.79 bits per heavy atom. The summed E-state index contributed by atoms with van der Waals surface area (Å²) < 4.78 is 0. The number of aromatic nitrogens is 1. The van der Waals surface area contributed by atoms with Gasteiger partial charge >= 0.3 is 5.97 Å². The number of nitrogens with zero attached hydrogens (tertiary/aromatic N) is 2. The van der Waals surface area contributed by atoms with Crippen molar-refractivity contribution in [3.05, 3.63) is 76.8 Å². The average molecular weight is 336 g/mol. The minimum Gasteiger partial charge on any atom is -0.312 e. The lowest BCUT2D eigenvalue weighted by molar-refractivity contribution is 0.0516. The highest BCUT2D eigenvalue weighted by Gasteiger charge is 2.10. The molecule has 4 nitrogen and oxygen atoms in total. The van der Waals surface area contributed by atoms with Crippen LogP contribution in [0.4, 0.5) is 0 Å². The number of oxime groups is 1. The maximum atomic E-state index is 12.0. The monoisotopic (exact) mass is 336 g/mol. The Labute approximate surface area is 144 Å². The summed E-state index contributed by atoms with van der Waals surface area (Å²) >= 11 is 1.53. The summed E-state index contributed by atoms with van der Waals surface area (Å²) in [6, 6.07) is 17.1. The zero-order valence-corrected chi connectivity index (χ0v) is 14.2. The molecule has 0 saturated heterocycles. The van der Waals surface area contributed by atoms with Crippen LogP contribution in [0.15, 0.2) is 65.1 Å². The van der Waals surface area contributed by atoms with E-state index in [0.717, 1.165) is 16.1 Å². The number of carbonyl (C=O) groups is 1. The van der Waals surface area contributed by atoms with Gasteiger partial charge in [0.2, 0.25) is 0 Å². The largest absolute Gasteiger partial charge is 0.365 e. The van der Waals surface area contributed by atoms with Gasteiger partial charge in [-0.2, -0.15) is 0 Å². The van der Waals surface area contributed by atoms with Gasteiger partial charge in [0.25, 0.3) is 0 Å². The molecule has 0 bridgehead atoms. The first-order valence-electron chi connectivity index (χ1n) is 7.47. The molecule has 0 amide bonds. The molecule has 120 valence electrons. The summed E-state index contributed by atoms with van der Waals surface area (Å²) in [5.74, 6) is -0.479. The van der Waals surface area contributed by atoms with Crippen LogP contribution in [0.5, 0.6) is 0 Å². The van der Waals surface area contributed by atoms with E-state index in [1.165, 1.54) is 11.3 Å². The molecule has 0 atom stereocenters. The van der Waals surface area contributed by atoms with Gasteiger partial charge in [-0.15, -0.1) is 11.3 Å². The van der Waals surface area contributed by atoms with E-state index < -0.39 is 5.97 Å². The van der Waals surface area contributed by atoms with Crippen LogP contribution >= 0.6 is 11.3 Å². The Bertz CT molecular complexity index is 868. The van der Waals surface area contributed by atoms with E-state index in [2.05, 4.69) is 10.1 Å². The normalized spacial score (nSPS) is 11.3. The number of aryl methyl sites for hydroxylation is 1. The van der Waals surface area contributed by atoms with Crippen molar-refractivity contribution in [2.24, 2.45) is 5.16 Å². The molecular formula is C19H16N2O2S. The zero-order chi connectivity index (χ0) is 16.9. The molecule has 0 unspecified atom stereocenters. The van der Waals surface area contributed by atoms with Crippen molar-refractivity contribution in [2.45, 2.75) is 13.8 Å². The van der Waals surface area contributed by atoms with Gasteiger partial charge < -0.3 is 4.84 Å². The molecule has 0 saturated carbocycles. The topological polar surface area (TPSA) is 51.5 Å². The summed E-state index contributed by atoms with van der Waals surface area (Å²) in [6.07, 6.45) is 0. The van der Waals surface area contributed by atoms with Crippen molar-refractivity contribution in [2.75, 3.05) is 0 Å². The van der Waals surface area contributed by atoms with Gasteiger partial charge in [-0.25, -0.2) is 9.78 Å².